The van der Waals surface area contributed by atoms with Crippen molar-refractivity contribution in [3.8, 4) is 17.2 Å². The van der Waals surface area contributed by atoms with Crippen molar-refractivity contribution in [1.29, 1.82) is 0 Å². The van der Waals surface area contributed by atoms with Crippen LogP contribution in [0.5, 0.6) is 17.2 Å². The molecule has 0 saturated heterocycles. The minimum atomic E-state index is -0.759. The third-order valence-corrected chi connectivity index (χ3v) is 3.51. The smallest absolute Gasteiger partial charge is 0.311 e. The molecule has 6 nitrogen and oxygen atoms in total. The van der Waals surface area contributed by atoms with Gasteiger partial charge in [0.2, 0.25) is 5.75 Å². The number of esters is 1. The number of benzene rings is 1. The molecule has 3 N–H and O–H groups in total. The van der Waals surface area contributed by atoms with Crippen LogP contribution >= 0.6 is 0 Å². The number of carbonyl (C=O) groups is 2. The SMILES string of the molecule is CCCCCCCCC(=O)Oc1c(C(N)=O)ccc(O)c1OC. The highest BCUT2D eigenvalue weighted by atomic mass is 16.6. The van der Waals surface area contributed by atoms with Gasteiger partial charge in [-0.15, -0.1) is 0 Å². The van der Waals surface area contributed by atoms with Crippen molar-refractivity contribution in [2.45, 2.75) is 51.9 Å². The number of phenolic OH excluding ortho intramolecular Hbond substituents is 1. The Morgan fingerprint density at radius 1 is 1.09 bits per heavy atom. The Balaban J connectivity index is 2.66. The molecule has 0 aliphatic carbocycles. The van der Waals surface area contributed by atoms with E-state index in [1.54, 1.807) is 0 Å². The zero-order valence-corrected chi connectivity index (χ0v) is 13.8. The van der Waals surface area contributed by atoms with Gasteiger partial charge >= 0.3 is 5.97 Å². The molecule has 0 heterocycles. The maximum atomic E-state index is 11.9. The van der Waals surface area contributed by atoms with Crippen molar-refractivity contribution >= 4 is 11.9 Å². The van der Waals surface area contributed by atoms with Gasteiger partial charge in [-0.1, -0.05) is 39.0 Å². The summed E-state index contributed by atoms with van der Waals surface area (Å²) < 4.78 is 10.2. The molecule has 0 aromatic heterocycles. The Labute approximate surface area is 136 Å². The van der Waals surface area contributed by atoms with Gasteiger partial charge in [-0.2, -0.15) is 0 Å². The van der Waals surface area contributed by atoms with Crippen LogP contribution in [0.1, 0.15) is 62.2 Å². The maximum absolute atomic E-state index is 11.9. The summed E-state index contributed by atoms with van der Waals surface area (Å²) >= 11 is 0. The molecule has 1 rings (SSSR count). The van der Waals surface area contributed by atoms with E-state index in [1.165, 1.54) is 32.1 Å². The Hall–Kier alpha value is -2.24. The molecule has 0 bridgehead atoms. The van der Waals surface area contributed by atoms with Crippen molar-refractivity contribution in [3.05, 3.63) is 17.7 Å². The van der Waals surface area contributed by atoms with Crippen molar-refractivity contribution in [2.24, 2.45) is 5.73 Å². The van der Waals surface area contributed by atoms with Crippen molar-refractivity contribution in [1.82, 2.24) is 0 Å². The molecule has 23 heavy (non-hydrogen) atoms. The van der Waals surface area contributed by atoms with E-state index < -0.39 is 11.9 Å². The van der Waals surface area contributed by atoms with Gasteiger partial charge in [0.25, 0.3) is 5.91 Å². The van der Waals surface area contributed by atoms with E-state index in [0.717, 1.165) is 25.7 Å². The molecule has 0 unspecified atom stereocenters. The van der Waals surface area contributed by atoms with Gasteiger partial charge in [0.15, 0.2) is 11.5 Å². The van der Waals surface area contributed by atoms with E-state index in [2.05, 4.69) is 6.92 Å². The number of primary amides is 1. The summed E-state index contributed by atoms with van der Waals surface area (Å²) in [4.78, 5) is 23.4. The fourth-order valence-electron chi connectivity index (χ4n) is 2.26. The average Bonchev–Trinajstić information content (AvgIpc) is 2.50. The summed E-state index contributed by atoms with van der Waals surface area (Å²) in [6, 6.07) is 2.57. The molecule has 0 atom stereocenters. The molecule has 0 aliphatic heterocycles. The van der Waals surface area contributed by atoms with Gasteiger partial charge in [0, 0.05) is 6.42 Å². The van der Waals surface area contributed by atoms with Crippen molar-refractivity contribution in [2.75, 3.05) is 7.11 Å². The quantitative estimate of drug-likeness (QED) is 0.391. The fourth-order valence-corrected chi connectivity index (χ4v) is 2.26. The first-order valence-electron chi connectivity index (χ1n) is 7.91. The maximum Gasteiger partial charge on any atom is 0.311 e. The molecule has 1 aromatic rings. The number of methoxy groups -OCH3 is 1. The first kappa shape index (κ1) is 18.8. The minimum Gasteiger partial charge on any atom is -0.504 e. The highest BCUT2D eigenvalue weighted by molar-refractivity contribution is 5.98. The normalized spacial score (nSPS) is 10.3. The molecule has 0 spiro atoms. The van der Waals surface area contributed by atoms with E-state index in [-0.39, 0.29) is 29.2 Å². The fraction of sp³-hybridized carbons (Fsp3) is 0.529. The molecule has 0 saturated carbocycles. The van der Waals surface area contributed by atoms with Crippen LogP contribution in [-0.2, 0) is 4.79 Å². The summed E-state index contributed by atoms with van der Waals surface area (Å²) in [7, 11) is 1.31. The Kier molecular flexibility index (Phi) is 7.94. The lowest BCUT2D eigenvalue weighted by Crippen LogP contribution is -2.16. The second-order valence-corrected chi connectivity index (χ2v) is 5.35. The number of phenols is 1. The third-order valence-electron chi connectivity index (χ3n) is 3.51. The topological polar surface area (TPSA) is 98.9 Å². The molecule has 0 radical (unpaired) electrons. The molecular weight excluding hydrogens is 298 g/mol. The average molecular weight is 323 g/mol. The number of unbranched alkanes of at least 4 members (excludes halogenated alkanes) is 5. The predicted molar refractivity (Wildman–Crippen MR) is 86.8 cm³/mol. The summed E-state index contributed by atoms with van der Waals surface area (Å²) in [5.74, 6) is -1.66. The Morgan fingerprint density at radius 3 is 2.35 bits per heavy atom. The number of aromatic hydroxyl groups is 1. The van der Waals surface area contributed by atoms with Crippen LogP contribution in [0.25, 0.3) is 0 Å². The van der Waals surface area contributed by atoms with Crippen molar-refractivity contribution in [3.63, 3.8) is 0 Å². The number of hydrogen-bond donors (Lipinski definition) is 2. The lowest BCUT2D eigenvalue weighted by atomic mass is 10.1. The summed E-state index contributed by atoms with van der Waals surface area (Å²) in [5.41, 5.74) is 5.26. The molecule has 1 aromatic carbocycles. The molecule has 0 aliphatic rings. The molecule has 128 valence electrons. The van der Waals surface area contributed by atoms with Crippen LogP contribution < -0.4 is 15.2 Å². The molecular formula is C17H25NO5. The van der Waals surface area contributed by atoms with Gasteiger partial charge < -0.3 is 20.3 Å². The number of ether oxygens (including phenoxy) is 2. The Bertz CT molecular complexity index is 542. The molecule has 0 fully saturated rings. The van der Waals surface area contributed by atoms with E-state index in [0.29, 0.717) is 0 Å². The Morgan fingerprint density at radius 2 is 1.74 bits per heavy atom. The van der Waals surface area contributed by atoms with Gasteiger partial charge in [-0.25, -0.2) is 0 Å². The molecule has 1 amide bonds. The number of rotatable bonds is 10. The third kappa shape index (κ3) is 5.81. The lowest BCUT2D eigenvalue weighted by molar-refractivity contribution is -0.134. The predicted octanol–water partition coefficient (Wildman–Crippen LogP) is 3.16. The number of carbonyl (C=O) groups excluding carboxylic acids is 2. The van der Waals surface area contributed by atoms with Gasteiger partial charge in [0.05, 0.1) is 12.7 Å². The van der Waals surface area contributed by atoms with Crippen LogP contribution in [0.15, 0.2) is 12.1 Å². The van der Waals surface area contributed by atoms with E-state index in [1.807, 2.05) is 0 Å². The lowest BCUT2D eigenvalue weighted by Gasteiger charge is -2.13. The standard InChI is InChI=1S/C17H25NO5/c1-3-4-5-6-7-8-9-14(20)23-15-12(17(18)21)10-11-13(19)16(15)22-2/h10-11,19H,3-9H2,1-2H3,(H2,18,21). The highest BCUT2D eigenvalue weighted by Crippen LogP contribution is 2.39. The molecule has 6 heteroatoms. The summed E-state index contributed by atoms with van der Waals surface area (Å²) in [5, 5.41) is 9.74. The van der Waals surface area contributed by atoms with E-state index in [4.69, 9.17) is 15.2 Å². The summed E-state index contributed by atoms with van der Waals surface area (Å²) in [6.45, 7) is 2.15. The monoisotopic (exact) mass is 323 g/mol. The zero-order valence-electron chi connectivity index (χ0n) is 13.8. The highest BCUT2D eigenvalue weighted by Gasteiger charge is 2.21. The first-order valence-corrected chi connectivity index (χ1v) is 7.91. The van der Waals surface area contributed by atoms with Crippen molar-refractivity contribution < 1.29 is 24.2 Å². The van der Waals surface area contributed by atoms with Crippen LogP contribution in [0.3, 0.4) is 0 Å². The largest absolute Gasteiger partial charge is 0.504 e. The van der Waals surface area contributed by atoms with E-state index >= 15 is 0 Å². The van der Waals surface area contributed by atoms with Gasteiger partial charge in [-0.3, -0.25) is 9.59 Å². The number of nitrogens with two attached hydrogens (primary N) is 1. The second kappa shape index (κ2) is 9.71. The van der Waals surface area contributed by atoms with Crippen LogP contribution in [0, 0.1) is 0 Å². The number of hydrogen-bond acceptors (Lipinski definition) is 5. The zero-order chi connectivity index (χ0) is 17.2. The van der Waals surface area contributed by atoms with Crippen LogP contribution in [-0.4, -0.2) is 24.1 Å². The van der Waals surface area contributed by atoms with Crippen LogP contribution in [0.4, 0.5) is 0 Å². The first-order chi connectivity index (χ1) is 11.0. The van der Waals surface area contributed by atoms with Gasteiger partial charge in [0.1, 0.15) is 0 Å². The van der Waals surface area contributed by atoms with Crippen LogP contribution in [0.2, 0.25) is 0 Å². The van der Waals surface area contributed by atoms with Gasteiger partial charge in [-0.05, 0) is 18.6 Å². The van der Waals surface area contributed by atoms with E-state index in [9.17, 15) is 14.7 Å². The second-order valence-electron chi connectivity index (χ2n) is 5.35. The summed E-state index contributed by atoms with van der Waals surface area (Å²) in [6.07, 6.45) is 6.54. The minimum absolute atomic E-state index is 0.00375. The number of amides is 1.